The molecule has 0 atom stereocenters. The maximum atomic E-state index is 12.4. The van der Waals surface area contributed by atoms with Gasteiger partial charge in [-0.05, 0) is 18.2 Å². The largest absolute Gasteiger partial charge is 0.462 e. The molecule has 0 aliphatic carbocycles. The fourth-order valence-electron chi connectivity index (χ4n) is 2.30. The number of rotatable bonds is 6. The minimum Gasteiger partial charge on any atom is -0.462 e. The highest BCUT2D eigenvalue weighted by Crippen LogP contribution is 2.34. The zero-order valence-electron chi connectivity index (χ0n) is 14.1. The Hall–Kier alpha value is -3.37. The molecule has 3 rings (SSSR count). The van der Waals surface area contributed by atoms with Crippen LogP contribution in [0, 0.1) is 0 Å². The van der Waals surface area contributed by atoms with E-state index in [1.807, 2.05) is 0 Å². The molecule has 10 heteroatoms. The number of sulfonamides is 1. The summed E-state index contributed by atoms with van der Waals surface area (Å²) in [6.07, 6.45) is 2.44. The van der Waals surface area contributed by atoms with Crippen molar-refractivity contribution < 1.29 is 27.8 Å². The molecule has 0 spiro atoms. The van der Waals surface area contributed by atoms with Crippen LogP contribution in [0.3, 0.4) is 0 Å². The maximum absolute atomic E-state index is 12.4. The molecule has 0 unspecified atom stereocenters. The third-order valence-electron chi connectivity index (χ3n) is 3.36. The smallest absolute Gasteiger partial charge is 0.229 e. The minimum absolute atomic E-state index is 0. The van der Waals surface area contributed by atoms with Gasteiger partial charge in [-0.25, -0.2) is 8.42 Å². The second kappa shape index (κ2) is 7.89. The molecule has 4 N–H and O–H groups in total. The molecule has 27 heavy (non-hydrogen) atoms. The van der Waals surface area contributed by atoms with Gasteiger partial charge in [-0.3, -0.25) is 14.3 Å². The number of benzene rings is 2. The number of hydrogen-bond donors (Lipinski definition) is 2. The number of ether oxygens (including phenoxy) is 1. The van der Waals surface area contributed by atoms with E-state index in [1.165, 1.54) is 12.1 Å². The molecule has 0 fully saturated rings. The van der Waals surface area contributed by atoms with E-state index < -0.39 is 15.5 Å². The predicted octanol–water partition coefficient (Wildman–Crippen LogP) is 1.70. The highest BCUT2D eigenvalue weighted by Gasteiger charge is 2.15. The molecule has 3 aromatic rings. The van der Waals surface area contributed by atoms with Crippen molar-refractivity contribution in [1.29, 1.82) is 0 Å². The van der Waals surface area contributed by atoms with Gasteiger partial charge in [-0.15, -0.1) is 0 Å². The normalized spacial score (nSPS) is 10.7. The van der Waals surface area contributed by atoms with E-state index in [1.54, 1.807) is 30.3 Å². The van der Waals surface area contributed by atoms with Crippen molar-refractivity contribution in [3.05, 3.63) is 59.0 Å². The Morgan fingerprint density at radius 2 is 1.81 bits per heavy atom. The van der Waals surface area contributed by atoms with Gasteiger partial charge in [0, 0.05) is 6.07 Å². The van der Waals surface area contributed by atoms with E-state index >= 15 is 0 Å². The van der Waals surface area contributed by atoms with Crippen LogP contribution in [0.2, 0.25) is 0 Å². The summed E-state index contributed by atoms with van der Waals surface area (Å²) in [5, 5.41) is 2.38. The van der Waals surface area contributed by atoms with Gasteiger partial charge in [0.1, 0.15) is 23.3 Å². The molecule has 142 valence electrons. The Labute approximate surface area is 153 Å². The van der Waals surface area contributed by atoms with E-state index in [9.17, 15) is 18.0 Å². The third kappa shape index (κ3) is 4.63. The van der Waals surface area contributed by atoms with Crippen molar-refractivity contribution in [2.45, 2.75) is 0 Å². The molecular weight excluding hydrogens is 376 g/mol. The number of nitrogens with one attached hydrogen (secondary N) is 2. The van der Waals surface area contributed by atoms with E-state index in [4.69, 9.17) is 9.15 Å². The predicted molar refractivity (Wildman–Crippen MR) is 101 cm³/mol. The summed E-state index contributed by atoms with van der Waals surface area (Å²) >= 11 is 0. The third-order valence-corrected chi connectivity index (χ3v) is 3.95. The Bertz CT molecular complexity index is 1130. The number of hydrogen-bond acceptors (Lipinski definition) is 6. The van der Waals surface area contributed by atoms with Crippen LogP contribution in [0.25, 0.3) is 11.0 Å². The molecule has 0 bridgehead atoms. The van der Waals surface area contributed by atoms with E-state index in [0.717, 1.165) is 12.5 Å². The SMILES string of the molecule is CS(=O)(=O)Nc1cc2occ(NC=O)c(=O)c2cc1Oc1ccccc1.O. The molecule has 1 heterocycles. The van der Waals surface area contributed by atoms with Gasteiger partial charge < -0.3 is 19.9 Å². The van der Waals surface area contributed by atoms with Crippen molar-refractivity contribution in [1.82, 2.24) is 0 Å². The molecule has 2 aromatic carbocycles. The van der Waals surface area contributed by atoms with Gasteiger partial charge in [0.15, 0.2) is 5.75 Å². The number of fused-ring (bicyclic) bond motifs is 1. The Morgan fingerprint density at radius 3 is 2.44 bits per heavy atom. The number of para-hydroxylation sites is 1. The molecule has 0 aliphatic heterocycles. The second-order valence-corrected chi connectivity index (χ2v) is 7.12. The first-order chi connectivity index (χ1) is 12.4. The molecule has 1 amide bonds. The summed E-state index contributed by atoms with van der Waals surface area (Å²) < 4.78 is 36.7. The number of carbonyl (C=O) groups excluding carboxylic acids is 1. The van der Waals surface area contributed by atoms with Crippen LogP contribution >= 0.6 is 0 Å². The van der Waals surface area contributed by atoms with Gasteiger partial charge in [0.05, 0.1) is 17.3 Å². The van der Waals surface area contributed by atoms with Gasteiger partial charge in [-0.1, -0.05) is 18.2 Å². The lowest BCUT2D eigenvalue weighted by atomic mass is 10.2. The first kappa shape index (κ1) is 19.9. The van der Waals surface area contributed by atoms with Crippen molar-refractivity contribution in [2.75, 3.05) is 16.3 Å². The Balaban J connectivity index is 0.00000261. The lowest BCUT2D eigenvalue weighted by Crippen LogP contribution is -2.12. The number of anilines is 2. The van der Waals surface area contributed by atoms with Gasteiger partial charge in [0.2, 0.25) is 21.9 Å². The molecule has 0 saturated heterocycles. The lowest BCUT2D eigenvalue weighted by molar-refractivity contribution is -0.105. The van der Waals surface area contributed by atoms with Crippen molar-refractivity contribution in [3.63, 3.8) is 0 Å². The molecule has 9 nitrogen and oxygen atoms in total. The Kier molecular flexibility index (Phi) is 5.83. The van der Waals surface area contributed by atoms with Crippen LogP contribution < -0.4 is 20.2 Å². The molecule has 0 aliphatic rings. The minimum atomic E-state index is -3.60. The molecule has 1 aromatic heterocycles. The molecular formula is C17H16N2O7S. The number of carbonyl (C=O) groups is 1. The number of amides is 1. The quantitative estimate of drug-likeness (QED) is 0.610. The topological polar surface area (TPSA) is 146 Å². The Morgan fingerprint density at radius 1 is 1.11 bits per heavy atom. The summed E-state index contributed by atoms with van der Waals surface area (Å²) in [7, 11) is -3.60. The summed E-state index contributed by atoms with van der Waals surface area (Å²) in [5.74, 6) is 0.569. The molecule has 0 radical (unpaired) electrons. The lowest BCUT2D eigenvalue weighted by Gasteiger charge is -2.13. The zero-order chi connectivity index (χ0) is 18.7. The second-order valence-electron chi connectivity index (χ2n) is 5.37. The summed E-state index contributed by atoms with van der Waals surface area (Å²) in [4.78, 5) is 23.0. The van der Waals surface area contributed by atoms with E-state index in [2.05, 4.69) is 10.0 Å². The average molecular weight is 392 g/mol. The van der Waals surface area contributed by atoms with Gasteiger partial charge >= 0.3 is 0 Å². The van der Waals surface area contributed by atoms with Gasteiger partial charge in [-0.2, -0.15) is 0 Å². The fraction of sp³-hybridized carbons (Fsp3) is 0.0588. The van der Waals surface area contributed by atoms with Crippen molar-refractivity contribution >= 4 is 38.8 Å². The summed E-state index contributed by atoms with van der Waals surface area (Å²) in [6, 6.07) is 11.4. The monoisotopic (exact) mass is 392 g/mol. The molecule has 0 saturated carbocycles. The van der Waals surface area contributed by atoms with Crippen LogP contribution in [0.1, 0.15) is 0 Å². The highest BCUT2D eigenvalue weighted by molar-refractivity contribution is 7.92. The van der Waals surface area contributed by atoms with Crippen LogP contribution in [-0.4, -0.2) is 26.6 Å². The zero-order valence-corrected chi connectivity index (χ0v) is 14.9. The summed E-state index contributed by atoms with van der Waals surface area (Å²) in [5.41, 5.74) is -0.273. The summed E-state index contributed by atoms with van der Waals surface area (Å²) in [6.45, 7) is 0. The first-order valence-electron chi connectivity index (χ1n) is 7.38. The van der Waals surface area contributed by atoms with Crippen molar-refractivity contribution in [2.24, 2.45) is 0 Å². The fourth-order valence-corrected chi connectivity index (χ4v) is 2.86. The highest BCUT2D eigenvalue weighted by atomic mass is 32.2. The van der Waals surface area contributed by atoms with Crippen LogP contribution in [0.4, 0.5) is 11.4 Å². The average Bonchev–Trinajstić information content (AvgIpc) is 2.58. The van der Waals surface area contributed by atoms with E-state index in [0.29, 0.717) is 12.2 Å². The van der Waals surface area contributed by atoms with Crippen LogP contribution in [0.5, 0.6) is 11.5 Å². The first-order valence-corrected chi connectivity index (χ1v) is 9.27. The standard InChI is InChI=1S/C17H14N2O6S.H2O/c1-26(22,23)19-13-8-15-12(17(21)14(9-24-15)18-10-20)7-16(13)25-11-5-3-2-4-6-11;/h2-10,19H,1H3,(H,18,20);1H2. The van der Waals surface area contributed by atoms with Crippen molar-refractivity contribution in [3.8, 4) is 11.5 Å². The maximum Gasteiger partial charge on any atom is 0.229 e. The van der Waals surface area contributed by atoms with Crippen LogP contribution in [0.15, 0.2) is 57.9 Å². The van der Waals surface area contributed by atoms with Crippen LogP contribution in [-0.2, 0) is 14.8 Å². The van der Waals surface area contributed by atoms with Gasteiger partial charge in [0.25, 0.3) is 0 Å². The van der Waals surface area contributed by atoms with E-state index in [-0.39, 0.29) is 33.6 Å².